The molecule has 0 radical (unpaired) electrons. The Hall–Kier alpha value is -2.16. The molecule has 1 rings (SSSR count). The maximum atomic E-state index is 11.7. The van der Waals surface area contributed by atoms with Crippen LogP contribution >= 0.6 is 0 Å². The summed E-state index contributed by atoms with van der Waals surface area (Å²) in [7, 11) is 0. The molecule has 1 atom stereocenters. The lowest BCUT2D eigenvalue weighted by Crippen LogP contribution is -2.41. The van der Waals surface area contributed by atoms with Gasteiger partial charge in [0.15, 0.2) is 5.82 Å². The number of carbonyl (C=O) groups is 1. The second-order valence-corrected chi connectivity index (χ2v) is 3.93. The summed E-state index contributed by atoms with van der Waals surface area (Å²) in [6.07, 6.45) is 1.43. The van der Waals surface area contributed by atoms with Crippen LogP contribution < -0.4 is 10.6 Å². The van der Waals surface area contributed by atoms with Crippen LogP contribution in [0, 0.1) is 11.3 Å². The summed E-state index contributed by atoms with van der Waals surface area (Å²) in [5.74, 6) is 0.177. The minimum absolute atomic E-state index is 0.0732. The standard InChI is InChI=1S/C11H15N5O/c1-7(2)14-11(17)8(3)15-10-9(6-12)4-5-13-16-10/h4-5,7-8H,1-3H3,(H,14,17)(H,15,16). The number of hydrogen-bond donors (Lipinski definition) is 2. The molecule has 0 bridgehead atoms. The van der Waals surface area contributed by atoms with Gasteiger partial charge in [0.1, 0.15) is 12.1 Å². The third-order valence-corrected chi connectivity index (χ3v) is 2.02. The molecule has 1 amide bonds. The van der Waals surface area contributed by atoms with Gasteiger partial charge < -0.3 is 10.6 Å². The lowest BCUT2D eigenvalue weighted by Gasteiger charge is -2.16. The summed E-state index contributed by atoms with van der Waals surface area (Å²) in [6.45, 7) is 5.47. The Bertz CT molecular complexity index is 438. The maximum absolute atomic E-state index is 11.7. The second-order valence-electron chi connectivity index (χ2n) is 3.93. The number of carbonyl (C=O) groups excluding carboxylic acids is 1. The number of aromatic nitrogens is 2. The molecular formula is C11H15N5O. The fourth-order valence-electron chi connectivity index (χ4n) is 1.21. The molecule has 2 N–H and O–H groups in total. The molecule has 6 nitrogen and oxygen atoms in total. The Morgan fingerprint density at radius 2 is 2.18 bits per heavy atom. The predicted octanol–water partition coefficient (Wildman–Crippen LogP) is 0.673. The van der Waals surface area contributed by atoms with Crippen LogP contribution in [0.5, 0.6) is 0 Å². The van der Waals surface area contributed by atoms with Crippen molar-refractivity contribution < 1.29 is 4.79 Å². The summed E-state index contributed by atoms with van der Waals surface area (Å²) in [5, 5.41) is 21.9. The SMILES string of the molecule is CC(C)NC(=O)C(C)Nc1nnccc1C#N. The van der Waals surface area contributed by atoms with Crippen molar-refractivity contribution in [3.05, 3.63) is 17.8 Å². The van der Waals surface area contributed by atoms with Gasteiger partial charge in [-0.2, -0.15) is 10.4 Å². The Morgan fingerprint density at radius 1 is 1.47 bits per heavy atom. The molecule has 0 fully saturated rings. The molecular weight excluding hydrogens is 218 g/mol. The molecule has 0 aromatic carbocycles. The normalized spacial score (nSPS) is 11.7. The van der Waals surface area contributed by atoms with Crippen LogP contribution in [0.2, 0.25) is 0 Å². The van der Waals surface area contributed by atoms with Gasteiger partial charge in [0.25, 0.3) is 0 Å². The minimum Gasteiger partial charge on any atom is -0.356 e. The molecule has 0 aliphatic heterocycles. The highest BCUT2D eigenvalue weighted by atomic mass is 16.2. The highest BCUT2D eigenvalue weighted by Crippen LogP contribution is 2.09. The molecule has 6 heteroatoms. The molecule has 0 spiro atoms. The lowest BCUT2D eigenvalue weighted by atomic mass is 10.2. The molecule has 17 heavy (non-hydrogen) atoms. The molecule has 1 aromatic rings. The van der Waals surface area contributed by atoms with Gasteiger partial charge in [-0.05, 0) is 26.8 Å². The Labute approximate surface area is 100 Å². The zero-order valence-corrected chi connectivity index (χ0v) is 10.1. The van der Waals surface area contributed by atoms with Crippen LogP contribution in [0.4, 0.5) is 5.82 Å². The Morgan fingerprint density at radius 3 is 2.76 bits per heavy atom. The van der Waals surface area contributed by atoms with Crippen molar-refractivity contribution in [1.82, 2.24) is 15.5 Å². The van der Waals surface area contributed by atoms with E-state index >= 15 is 0 Å². The zero-order valence-electron chi connectivity index (χ0n) is 10.1. The van der Waals surface area contributed by atoms with Crippen molar-refractivity contribution in [2.24, 2.45) is 0 Å². The second kappa shape index (κ2) is 5.80. The van der Waals surface area contributed by atoms with Crippen LogP contribution in [0.1, 0.15) is 26.3 Å². The van der Waals surface area contributed by atoms with E-state index in [-0.39, 0.29) is 11.9 Å². The number of amides is 1. The van der Waals surface area contributed by atoms with Crippen LogP contribution in [0.3, 0.4) is 0 Å². The predicted molar refractivity (Wildman–Crippen MR) is 63.1 cm³/mol. The molecule has 0 saturated heterocycles. The molecule has 1 heterocycles. The van der Waals surface area contributed by atoms with Gasteiger partial charge in [0.05, 0.1) is 11.8 Å². The fourth-order valence-corrected chi connectivity index (χ4v) is 1.21. The molecule has 0 aliphatic carbocycles. The molecule has 1 aromatic heterocycles. The number of anilines is 1. The van der Waals surface area contributed by atoms with Crippen LogP contribution in [0.15, 0.2) is 12.3 Å². The first-order valence-corrected chi connectivity index (χ1v) is 5.33. The van der Waals surface area contributed by atoms with Crippen LogP contribution in [-0.2, 0) is 4.79 Å². The third kappa shape index (κ3) is 3.72. The van der Waals surface area contributed by atoms with Gasteiger partial charge >= 0.3 is 0 Å². The first-order chi connectivity index (χ1) is 8.04. The number of hydrogen-bond acceptors (Lipinski definition) is 5. The van der Waals surface area contributed by atoms with E-state index in [1.807, 2.05) is 19.9 Å². The number of nitrogens with one attached hydrogen (secondary N) is 2. The Kier molecular flexibility index (Phi) is 4.40. The van der Waals surface area contributed by atoms with Gasteiger partial charge in [0.2, 0.25) is 5.91 Å². The van der Waals surface area contributed by atoms with E-state index in [9.17, 15) is 4.79 Å². The quantitative estimate of drug-likeness (QED) is 0.797. The van der Waals surface area contributed by atoms with Gasteiger partial charge in [0, 0.05) is 6.04 Å². The van der Waals surface area contributed by atoms with E-state index in [0.717, 1.165) is 0 Å². The summed E-state index contributed by atoms with van der Waals surface area (Å²) < 4.78 is 0. The van der Waals surface area contributed by atoms with Gasteiger partial charge in [-0.25, -0.2) is 0 Å². The first kappa shape index (κ1) is 12.9. The molecule has 0 saturated carbocycles. The fraction of sp³-hybridized carbons (Fsp3) is 0.455. The number of nitriles is 1. The number of rotatable bonds is 4. The van der Waals surface area contributed by atoms with Crippen LogP contribution in [-0.4, -0.2) is 28.2 Å². The maximum Gasteiger partial charge on any atom is 0.242 e. The highest BCUT2D eigenvalue weighted by Gasteiger charge is 2.15. The molecule has 1 unspecified atom stereocenters. The van der Waals surface area contributed by atoms with Crippen molar-refractivity contribution in [2.45, 2.75) is 32.9 Å². The summed E-state index contributed by atoms with van der Waals surface area (Å²) in [4.78, 5) is 11.7. The summed E-state index contributed by atoms with van der Waals surface area (Å²) in [5.41, 5.74) is 0.365. The van der Waals surface area contributed by atoms with E-state index in [1.54, 1.807) is 13.0 Å². The monoisotopic (exact) mass is 233 g/mol. The summed E-state index contributed by atoms with van der Waals surface area (Å²) in [6, 6.07) is 3.13. The summed E-state index contributed by atoms with van der Waals surface area (Å²) >= 11 is 0. The van der Waals surface area contributed by atoms with Crippen molar-refractivity contribution in [1.29, 1.82) is 5.26 Å². The van der Waals surface area contributed by atoms with Crippen molar-refractivity contribution >= 4 is 11.7 Å². The van der Waals surface area contributed by atoms with E-state index in [2.05, 4.69) is 20.8 Å². The van der Waals surface area contributed by atoms with Crippen molar-refractivity contribution in [2.75, 3.05) is 5.32 Å². The van der Waals surface area contributed by atoms with Gasteiger partial charge in [-0.15, -0.1) is 5.10 Å². The average Bonchev–Trinajstić information content (AvgIpc) is 2.28. The largest absolute Gasteiger partial charge is 0.356 e. The minimum atomic E-state index is -0.471. The first-order valence-electron chi connectivity index (χ1n) is 5.33. The highest BCUT2D eigenvalue weighted by molar-refractivity contribution is 5.84. The number of nitrogens with zero attached hydrogens (tertiary/aromatic N) is 3. The van der Waals surface area contributed by atoms with E-state index < -0.39 is 6.04 Å². The van der Waals surface area contributed by atoms with Crippen molar-refractivity contribution in [3.63, 3.8) is 0 Å². The van der Waals surface area contributed by atoms with Gasteiger partial charge in [-0.3, -0.25) is 4.79 Å². The van der Waals surface area contributed by atoms with E-state index in [1.165, 1.54) is 6.20 Å². The smallest absolute Gasteiger partial charge is 0.242 e. The van der Waals surface area contributed by atoms with Gasteiger partial charge in [-0.1, -0.05) is 0 Å². The van der Waals surface area contributed by atoms with Crippen LogP contribution in [0.25, 0.3) is 0 Å². The van der Waals surface area contributed by atoms with E-state index in [0.29, 0.717) is 11.4 Å². The Balaban J connectivity index is 2.71. The third-order valence-electron chi connectivity index (χ3n) is 2.02. The van der Waals surface area contributed by atoms with Crippen molar-refractivity contribution in [3.8, 4) is 6.07 Å². The molecule has 90 valence electrons. The average molecular weight is 233 g/mol. The molecule has 0 aliphatic rings. The lowest BCUT2D eigenvalue weighted by molar-refractivity contribution is -0.122. The topological polar surface area (TPSA) is 90.7 Å². The van der Waals surface area contributed by atoms with E-state index in [4.69, 9.17) is 5.26 Å². The zero-order chi connectivity index (χ0) is 12.8.